The van der Waals surface area contributed by atoms with Crippen molar-refractivity contribution >= 4 is 38.9 Å². The summed E-state index contributed by atoms with van der Waals surface area (Å²) in [6.07, 6.45) is 0. The highest BCUT2D eigenvalue weighted by molar-refractivity contribution is 7.91. The first-order valence-electron chi connectivity index (χ1n) is 7.28. The second-order valence-corrected chi connectivity index (χ2v) is 8.89. The van der Waals surface area contributed by atoms with Gasteiger partial charge in [-0.15, -0.1) is 11.3 Å². The van der Waals surface area contributed by atoms with Crippen molar-refractivity contribution in [2.75, 3.05) is 26.2 Å². The molecule has 2 heterocycles. The van der Waals surface area contributed by atoms with E-state index in [0.717, 1.165) is 23.5 Å². The normalized spacial score (nSPS) is 16.2. The molecule has 0 aliphatic carbocycles. The van der Waals surface area contributed by atoms with Crippen LogP contribution in [0.15, 0.2) is 33.9 Å². The molecule has 1 saturated heterocycles. The van der Waals surface area contributed by atoms with E-state index in [0.29, 0.717) is 0 Å². The Morgan fingerprint density at radius 1 is 1.12 bits per heavy atom. The number of hydrogen-bond acceptors (Lipinski definition) is 4. The summed E-state index contributed by atoms with van der Waals surface area (Å²) >= 11 is 6.95. The fraction of sp³-hybridized carbons (Fsp3) is 0.267. The number of sulfonamides is 1. The summed E-state index contributed by atoms with van der Waals surface area (Å²) in [6.45, 7) is 0.512. The number of thiophene rings is 1. The molecule has 0 radical (unpaired) electrons. The van der Waals surface area contributed by atoms with Gasteiger partial charge in [-0.25, -0.2) is 17.2 Å². The Kier molecular flexibility index (Phi) is 5.10. The van der Waals surface area contributed by atoms with Gasteiger partial charge in [0.15, 0.2) is 11.6 Å². The van der Waals surface area contributed by atoms with Gasteiger partial charge in [-0.1, -0.05) is 17.7 Å². The van der Waals surface area contributed by atoms with E-state index in [-0.39, 0.29) is 41.0 Å². The molecular formula is C15H13ClF2N2O3S2. The highest BCUT2D eigenvalue weighted by Crippen LogP contribution is 2.24. The summed E-state index contributed by atoms with van der Waals surface area (Å²) in [7, 11) is -3.57. The molecule has 0 bridgehead atoms. The van der Waals surface area contributed by atoms with Crippen molar-refractivity contribution in [3.8, 4) is 0 Å². The predicted molar refractivity (Wildman–Crippen MR) is 90.3 cm³/mol. The summed E-state index contributed by atoms with van der Waals surface area (Å²) in [6, 6.07) is 4.69. The van der Waals surface area contributed by atoms with Crippen molar-refractivity contribution in [3.05, 3.63) is 51.9 Å². The lowest BCUT2D eigenvalue weighted by Gasteiger charge is -2.33. The Hall–Kier alpha value is -1.55. The number of nitrogens with zero attached hydrogens (tertiary/aromatic N) is 2. The van der Waals surface area contributed by atoms with Crippen LogP contribution in [-0.4, -0.2) is 49.7 Å². The number of piperazine rings is 1. The molecule has 1 aromatic carbocycles. The SMILES string of the molecule is O=C(c1cc(F)c(F)cc1Cl)N1CCN(S(=O)(=O)c2cccs2)CC1. The van der Waals surface area contributed by atoms with Crippen LogP contribution >= 0.6 is 22.9 Å². The monoisotopic (exact) mass is 406 g/mol. The molecule has 1 aliphatic heterocycles. The van der Waals surface area contributed by atoms with Crippen LogP contribution in [0.2, 0.25) is 5.02 Å². The molecule has 0 N–H and O–H groups in total. The third kappa shape index (κ3) is 3.55. The Bertz CT molecular complexity index is 896. The number of halogens is 3. The van der Waals surface area contributed by atoms with Crippen LogP contribution in [0.5, 0.6) is 0 Å². The maximum absolute atomic E-state index is 13.4. The van der Waals surface area contributed by atoms with Crippen LogP contribution in [-0.2, 0) is 10.0 Å². The molecule has 0 unspecified atom stereocenters. The van der Waals surface area contributed by atoms with Crippen LogP contribution in [0.4, 0.5) is 8.78 Å². The number of hydrogen-bond donors (Lipinski definition) is 0. The lowest BCUT2D eigenvalue weighted by molar-refractivity contribution is 0.0697. The Labute approximate surface area is 152 Å². The van der Waals surface area contributed by atoms with Crippen molar-refractivity contribution < 1.29 is 22.0 Å². The molecule has 1 aromatic heterocycles. The van der Waals surface area contributed by atoms with Gasteiger partial charge in [-0.05, 0) is 23.6 Å². The van der Waals surface area contributed by atoms with E-state index in [4.69, 9.17) is 11.6 Å². The predicted octanol–water partition coefficient (Wildman–Crippen LogP) is 2.83. The minimum atomic E-state index is -3.57. The molecule has 0 atom stereocenters. The van der Waals surface area contributed by atoms with Crippen molar-refractivity contribution in [2.24, 2.45) is 0 Å². The van der Waals surface area contributed by atoms with Crippen LogP contribution in [0.3, 0.4) is 0 Å². The second kappa shape index (κ2) is 6.99. The Morgan fingerprint density at radius 2 is 1.76 bits per heavy atom. The quantitative estimate of drug-likeness (QED) is 0.736. The minimum Gasteiger partial charge on any atom is -0.336 e. The van der Waals surface area contributed by atoms with E-state index >= 15 is 0 Å². The third-order valence-electron chi connectivity index (χ3n) is 3.86. The minimum absolute atomic E-state index is 0.118. The molecule has 5 nitrogen and oxygen atoms in total. The fourth-order valence-corrected chi connectivity index (χ4v) is 5.32. The van der Waals surface area contributed by atoms with Crippen molar-refractivity contribution in [1.82, 2.24) is 9.21 Å². The van der Waals surface area contributed by atoms with E-state index in [1.807, 2.05) is 0 Å². The van der Waals surface area contributed by atoms with Crippen LogP contribution in [0, 0.1) is 11.6 Å². The molecule has 2 aromatic rings. The fourth-order valence-electron chi connectivity index (χ4n) is 2.53. The van der Waals surface area contributed by atoms with E-state index in [2.05, 4.69) is 0 Å². The second-order valence-electron chi connectivity index (χ2n) is 5.37. The Morgan fingerprint density at radius 3 is 2.36 bits per heavy atom. The number of amides is 1. The van der Waals surface area contributed by atoms with Gasteiger partial charge in [-0.3, -0.25) is 4.79 Å². The summed E-state index contributed by atoms with van der Waals surface area (Å²) in [5.74, 6) is -2.85. The van der Waals surface area contributed by atoms with Crippen LogP contribution < -0.4 is 0 Å². The van der Waals surface area contributed by atoms with Gasteiger partial charge in [0.25, 0.3) is 15.9 Å². The zero-order valence-corrected chi connectivity index (χ0v) is 15.2. The van der Waals surface area contributed by atoms with Gasteiger partial charge < -0.3 is 4.90 Å². The number of benzene rings is 1. The van der Waals surface area contributed by atoms with E-state index in [1.54, 1.807) is 11.4 Å². The highest BCUT2D eigenvalue weighted by Gasteiger charge is 2.31. The van der Waals surface area contributed by atoms with E-state index < -0.39 is 27.6 Å². The molecule has 25 heavy (non-hydrogen) atoms. The van der Waals surface area contributed by atoms with E-state index in [1.165, 1.54) is 15.3 Å². The zero-order chi connectivity index (χ0) is 18.2. The molecule has 1 amide bonds. The molecular weight excluding hydrogens is 394 g/mol. The lowest BCUT2D eigenvalue weighted by atomic mass is 10.1. The standard InChI is InChI=1S/C15H13ClF2N2O3S2/c16-11-9-13(18)12(17)8-10(11)15(21)19-3-5-20(6-4-19)25(22,23)14-2-1-7-24-14/h1-2,7-9H,3-6H2. The maximum atomic E-state index is 13.4. The van der Waals surface area contributed by atoms with Crippen molar-refractivity contribution in [1.29, 1.82) is 0 Å². The van der Waals surface area contributed by atoms with Gasteiger partial charge in [0.2, 0.25) is 0 Å². The van der Waals surface area contributed by atoms with Crippen LogP contribution in [0.25, 0.3) is 0 Å². The molecule has 0 spiro atoms. The van der Waals surface area contributed by atoms with Crippen molar-refractivity contribution in [2.45, 2.75) is 4.21 Å². The molecule has 134 valence electrons. The van der Waals surface area contributed by atoms with Gasteiger partial charge in [-0.2, -0.15) is 4.31 Å². The van der Waals surface area contributed by atoms with Crippen molar-refractivity contribution in [3.63, 3.8) is 0 Å². The molecule has 1 fully saturated rings. The smallest absolute Gasteiger partial charge is 0.255 e. The lowest BCUT2D eigenvalue weighted by Crippen LogP contribution is -2.50. The summed E-state index contributed by atoms with van der Waals surface area (Å²) in [5, 5.41) is 1.50. The Balaban J connectivity index is 1.72. The van der Waals surface area contributed by atoms with Gasteiger partial charge in [0.1, 0.15) is 4.21 Å². The summed E-state index contributed by atoms with van der Waals surface area (Å²) in [5.41, 5.74) is -0.143. The first kappa shape index (κ1) is 18.2. The van der Waals surface area contributed by atoms with E-state index in [9.17, 15) is 22.0 Å². The number of carbonyl (C=O) groups excluding carboxylic acids is 1. The summed E-state index contributed by atoms with van der Waals surface area (Å²) in [4.78, 5) is 13.8. The average Bonchev–Trinajstić information content (AvgIpc) is 3.13. The van der Waals surface area contributed by atoms with Gasteiger partial charge in [0.05, 0.1) is 10.6 Å². The first-order chi connectivity index (χ1) is 11.8. The molecule has 3 rings (SSSR count). The molecule has 0 saturated carbocycles. The third-order valence-corrected chi connectivity index (χ3v) is 7.44. The van der Waals surface area contributed by atoms with Gasteiger partial charge in [0, 0.05) is 26.2 Å². The van der Waals surface area contributed by atoms with Gasteiger partial charge >= 0.3 is 0 Å². The first-order valence-corrected chi connectivity index (χ1v) is 9.98. The molecule has 10 heteroatoms. The zero-order valence-electron chi connectivity index (χ0n) is 12.8. The van der Waals surface area contributed by atoms with Crippen LogP contribution in [0.1, 0.15) is 10.4 Å². The topological polar surface area (TPSA) is 57.7 Å². The average molecular weight is 407 g/mol. The number of rotatable bonds is 3. The largest absolute Gasteiger partial charge is 0.336 e. The highest BCUT2D eigenvalue weighted by atomic mass is 35.5. The summed E-state index contributed by atoms with van der Waals surface area (Å²) < 4.78 is 52.9. The molecule has 1 aliphatic rings. The number of carbonyl (C=O) groups is 1. The maximum Gasteiger partial charge on any atom is 0.255 e.